The molecule has 0 unspecified atom stereocenters. The molecule has 0 radical (unpaired) electrons. The molecule has 0 bridgehead atoms. The van der Waals surface area contributed by atoms with Gasteiger partial charge in [0.15, 0.2) is 0 Å². The summed E-state index contributed by atoms with van der Waals surface area (Å²) in [6.07, 6.45) is 0. The topological polar surface area (TPSA) is 9.86 Å². The van der Waals surface area contributed by atoms with E-state index in [1.54, 1.807) is 0 Å². The second kappa shape index (κ2) is 13.9. The summed E-state index contributed by atoms with van der Waals surface area (Å²) in [6, 6.07) is 84.2. The van der Waals surface area contributed by atoms with Crippen LogP contribution in [0.3, 0.4) is 0 Å². The highest BCUT2D eigenvalue weighted by atomic mass is 15.0. The van der Waals surface area contributed by atoms with Gasteiger partial charge in [0.25, 0.3) is 0 Å². The molecule has 0 saturated carbocycles. The zero-order valence-corrected chi connectivity index (χ0v) is 32.8. The van der Waals surface area contributed by atoms with Crippen molar-refractivity contribution in [3.05, 3.63) is 231 Å². The molecule has 0 N–H and O–H groups in total. The highest BCUT2D eigenvalue weighted by Crippen LogP contribution is 2.43. The third-order valence-corrected chi connectivity index (χ3v) is 12.3. The van der Waals surface area contributed by atoms with Crippen molar-refractivity contribution in [1.29, 1.82) is 0 Å². The molecule has 0 saturated heterocycles. The SMILES string of the molecule is c1ccc(-c2cccc(-n3c4ccc(-c5ccc6c(c5)c5ccccc5n6-c5ccc(-c6ccccc6)c6ccccc56)cc4c4c(-c5ccccc5)cccc43)c2)cc1. The minimum Gasteiger partial charge on any atom is -0.309 e. The number of nitrogens with zero attached hydrogens (tertiary/aromatic N) is 2. The van der Waals surface area contributed by atoms with Gasteiger partial charge in [0.2, 0.25) is 0 Å². The Kier molecular flexibility index (Phi) is 7.89. The fourth-order valence-corrected chi connectivity index (χ4v) is 9.60. The van der Waals surface area contributed by atoms with E-state index in [2.05, 4.69) is 240 Å². The van der Waals surface area contributed by atoms with Gasteiger partial charge in [-0.05, 0) is 104 Å². The van der Waals surface area contributed by atoms with Crippen LogP contribution in [0.5, 0.6) is 0 Å². The maximum atomic E-state index is 2.46. The van der Waals surface area contributed by atoms with Crippen LogP contribution in [-0.2, 0) is 0 Å². The van der Waals surface area contributed by atoms with Gasteiger partial charge in [-0.25, -0.2) is 0 Å². The summed E-state index contributed by atoms with van der Waals surface area (Å²) < 4.78 is 4.90. The van der Waals surface area contributed by atoms with Crippen molar-refractivity contribution < 1.29 is 0 Å². The smallest absolute Gasteiger partial charge is 0.0547 e. The summed E-state index contributed by atoms with van der Waals surface area (Å²) in [5, 5.41) is 7.46. The number of hydrogen-bond donors (Lipinski definition) is 0. The predicted molar refractivity (Wildman–Crippen MR) is 254 cm³/mol. The molecule has 2 heteroatoms. The van der Waals surface area contributed by atoms with Crippen molar-refractivity contribution in [2.45, 2.75) is 0 Å². The quantitative estimate of drug-likeness (QED) is 0.160. The van der Waals surface area contributed by atoms with Crippen molar-refractivity contribution in [3.63, 3.8) is 0 Å². The lowest BCUT2D eigenvalue weighted by atomic mass is 9.96. The van der Waals surface area contributed by atoms with E-state index in [0.29, 0.717) is 0 Å². The number of rotatable bonds is 6. The zero-order valence-electron chi connectivity index (χ0n) is 32.8. The molecule has 0 aliphatic carbocycles. The Morgan fingerprint density at radius 1 is 0.233 bits per heavy atom. The lowest BCUT2D eigenvalue weighted by molar-refractivity contribution is 1.18. The van der Waals surface area contributed by atoms with Gasteiger partial charge in [-0.2, -0.15) is 0 Å². The van der Waals surface area contributed by atoms with Crippen LogP contribution in [0.1, 0.15) is 0 Å². The summed E-state index contributed by atoms with van der Waals surface area (Å²) in [6.45, 7) is 0. The lowest BCUT2D eigenvalue weighted by Crippen LogP contribution is -1.96. The standard InChI is InChI=1S/C58H38N2/c1-4-16-39(17-5-1)42-22-14-23-45(36-42)59-56-34-31-44(38-52(56)58-47(27-15-29-57(58)59)41-20-8-3-9-21-41)43-30-33-55-51(37-43)50-26-12-13-28-53(50)60(55)54-35-32-46(40-18-6-2-7-19-40)48-24-10-11-25-49(48)54/h1-38H. The van der Waals surface area contributed by atoms with E-state index in [1.165, 1.54) is 105 Å². The van der Waals surface area contributed by atoms with Crippen LogP contribution >= 0.6 is 0 Å². The molecule has 0 fully saturated rings. The summed E-state index contributed by atoms with van der Waals surface area (Å²) >= 11 is 0. The molecule has 2 nitrogen and oxygen atoms in total. The Morgan fingerprint density at radius 2 is 0.750 bits per heavy atom. The highest BCUT2D eigenvalue weighted by molar-refractivity contribution is 6.17. The van der Waals surface area contributed by atoms with Gasteiger partial charge in [-0.3, -0.25) is 0 Å². The molecule has 12 rings (SSSR count). The summed E-state index contributed by atoms with van der Waals surface area (Å²) in [5.74, 6) is 0. The zero-order chi connectivity index (χ0) is 39.6. The number of para-hydroxylation sites is 1. The molecule has 2 heterocycles. The Labute approximate surface area is 348 Å². The molecule has 2 aromatic heterocycles. The number of aromatic nitrogens is 2. The predicted octanol–water partition coefficient (Wildman–Crippen LogP) is 15.7. The van der Waals surface area contributed by atoms with Crippen molar-refractivity contribution in [3.8, 4) is 55.9 Å². The fourth-order valence-electron chi connectivity index (χ4n) is 9.60. The third-order valence-electron chi connectivity index (χ3n) is 12.3. The molecule has 10 aromatic carbocycles. The van der Waals surface area contributed by atoms with Gasteiger partial charge < -0.3 is 9.13 Å². The molecule has 0 spiro atoms. The van der Waals surface area contributed by atoms with E-state index in [4.69, 9.17) is 0 Å². The Balaban J connectivity index is 1.06. The Morgan fingerprint density at radius 3 is 1.48 bits per heavy atom. The summed E-state index contributed by atoms with van der Waals surface area (Å²) in [4.78, 5) is 0. The van der Waals surface area contributed by atoms with E-state index in [9.17, 15) is 0 Å². The molecule has 0 aliphatic heterocycles. The van der Waals surface area contributed by atoms with Crippen LogP contribution in [0.25, 0.3) is 110 Å². The van der Waals surface area contributed by atoms with Gasteiger partial charge >= 0.3 is 0 Å². The molecule has 12 aromatic rings. The van der Waals surface area contributed by atoms with Gasteiger partial charge in [-0.1, -0.05) is 176 Å². The molecular weight excluding hydrogens is 725 g/mol. The molecule has 0 aliphatic rings. The maximum absolute atomic E-state index is 2.46. The van der Waals surface area contributed by atoms with Crippen LogP contribution < -0.4 is 0 Å². The van der Waals surface area contributed by atoms with Crippen molar-refractivity contribution in [2.24, 2.45) is 0 Å². The Bertz CT molecular complexity index is 3580. The lowest BCUT2D eigenvalue weighted by Gasteiger charge is -2.15. The molecule has 0 atom stereocenters. The minimum absolute atomic E-state index is 1.15. The largest absolute Gasteiger partial charge is 0.309 e. The first-order valence-corrected chi connectivity index (χ1v) is 20.7. The number of hydrogen-bond acceptors (Lipinski definition) is 0. The maximum Gasteiger partial charge on any atom is 0.0547 e. The average Bonchev–Trinajstić information content (AvgIpc) is 3.84. The Hall–Kier alpha value is -7.94. The first-order valence-electron chi connectivity index (χ1n) is 20.7. The van der Waals surface area contributed by atoms with Gasteiger partial charge in [-0.15, -0.1) is 0 Å². The van der Waals surface area contributed by atoms with Crippen LogP contribution in [0.15, 0.2) is 231 Å². The van der Waals surface area contributed by atoms with Crippen LogP contribution in [-0.4, -0.2) is 9.13 Å². The second-order valence-electron chi connectivity index (χ2n) is 15.7. The van der Waals surface area contributed by atoms with E-state index in [0.717, 1.165) is 5.69 Å². The van der Waals surface area contributed by atoms with Crippen molar-refractivity contribution >= 4 is 54.4 Å². The van der Waals surface area contributed by atoms with Crippen molar-refractivity contribution in [2.75, 3.05) is 0 Å². The monoisotopic (exact) mass is 762 g/mol. The number of fused-ring (bicyclic) bond motifs is 7. The third kappa shape index (κ3) is 5.42. The minimum atomic E-state index is 1.15. The van der Waals surface area contributed by atoms with E-state index >= 15 is 0 Å². The van der Waals surface area contributed by atoms with Crippen LogP contribution in [0.4, 0.5) is 0 Å². The van der Waals surface area contributed by atoms with E-state index in [-0.39, 0.29) is 0 Å². The fraction of sp³-hybridized carbons (Fsp3) is 0. The molecule has 60 heavy (non-hydrogen) atoms. The summed E-state index contributed by atoms with van der Waals surface area (Å²) in [5.41, 5.74) is 16.8. The number of benzene rings is 10. The van der Waals surface area contributed by atoms with E-state index in [1.807, 2.05) is 0 Å². The van der Waals surface area contributed by atoms with Crippen molar-refractivity contribution in [1.82, 2.24) is 9.13 Å². The molecule has 0 amide bonds. The van der Waals surface area contributed by atoms with Crippen LogP contribution in [0.2, 0.25) is 0 Å². The van der Waals surface area contributed by atoms with Gasteiger partial charge in [0.05, 0.1) is 27.8 Å². The normalized spacial score (nSPS) is 11.7. The second-order valence-corrected chi connectivity index (χ2v) is 15.7. The van der Waals surface area contributed by atoms with Gasteiger partial charge in [0, 0.05) is 32.6 Å². The highest BCUT2D eigenvalue weighted by Gasteiger charge is 2.20. The average molecular weight is 763 g/mol. The van der Waals surface area contributed by atoms with E-state index < -0.39 is 0 Å². The summed E-state index contributed by atoms with van der Waals surface area (Å²) in [7, 11) is 0. The first kappa shape index (κ1) is 34.1. The van der Waals surface area contributed by atoms with Gasteiger partial charge in [0.1, 0.15) is 0 Å². The van der Waals surface area contributed by atoms with Crippen LogP contribution in [0, 0.1) is 0 Å². The first-order chi connectivity index (χ1) is 29.8. The molecule has 280 valence electrons. The molecular formula is C58H38N2.